The summed E-state index contributed by atoms with van der Waals surface area (Å²) in [5.41, 5.74) is -0.789. The maximum Gasteiger partial charge on any atom is 0.333 e. The zero-order valence-electron chi connectivity index (χ0n) is 10.3. The molecule has 0 fully saturated rings. The van der Waals surface area contributed by atoms with E-state index in [9.17, 15) is 14.7 Å². The van der Waals surface area contributed by atoms with Crippen molar-refractivity contribution >= 4 is 11.9 Å². The van der Waals surface area contributed by atoms with Gasteiger partial charge in [-0.1, -0.05) is 30.3 Å². The van der Waals surface area contributed by atoms with Crippen LogP contribution in [0.4, 0.5) is 0 Å². The largest absolute Gasteiger partial charge is 0.479 e. The molecule has 2 rings (SSSR count). The fourth-order valence-corrected chi connectivity index (χ4v) is 1.70. The summed E-state index contributed by atoms with van der Waals surface area (Å²) in [6, 6.07) is 10.0. The Kier molecular flexibility index (Phi) is 3.33. The second-order valence-electron chi connectivity index (χ2n) is 4.22. The molecule has 1 aromatic heterocycles. The van der Waals surface area contributed by atoms with E-state index < -0.39 is 17.4 Å². The number of nitrogens with one attached hydrogen (secondary N) is 2. The number of aliphatic carboxylic acids is 1. The Morgan fingerprint density at radius 2 is 1.95 bits per heavy atom. The van der Waals surface area contributed by atoms with Gasteiger partial charge in [0, 0.05) is 6.20 Å². The number of hydrogen-bond acceptors (Lipinski definition) is 3. The Morgan fingerprint density at radius 3 is 2.47 bits per heavy atom. The molecule has 0 spiro atoms. The van der Waals surface area contributed by atoms with Crippen molar-refractivity contribution in [2.24, 2.45) is 0 Å². The zero-order chi connectivity index (χ0) is 13.9. The number of H-pyrrole nitrogens is 1. The first-order valence-corrected chi connectivity index (χ1v) is 5.65. The predicted octanol–water partition coefficient (Wildman–Crippen LogP) is 1.14. The van der Waals surface area contributed by atoms with Crippen LogP contribution in [0.2, 0.25) is 0 Å². The van der Waals surface area contributed by atoms with Crippen molar-refractivity contribution in [1.29, 1.82) is 0 Å². The van der Waals surface area contributed by atoms with Crippen molar-refractivity contribution in [3.63, 3.8) is 0 Å². The molecule has 19 heavy (non-hydrogen) atoms. The van der Waals surface area contributed by atoms with E-state index >= 15 is 0 Å². The first-order valence-electron chi connectivity index (χ1n) is 5.65. The van der Waals surface area contributed by atoms with Crippen molar-refractivity contribution in [2.45, 2.75) is 12.5 Å². The van der Waals surface area contributed by atoms with Crippen LogP contribution < -0.4 is 5.32 Å². The number of carboxylic acids is 1. The molecule has 0 radical (unpaired) electrons. The predicted molar refractivity (Wildman–Crippen MR) is 67.5 cm³/mol. The number of carbonyl (C=O) groups is 2. The lowest BCUT2D eigenvalue weighted by Crippen LogP contribution is -2.49. The van der Waals surface area contributed by atoms with Crippen molar-refractivity contribution in [3.05, 3.63) is 53.9 Å². The first kappa shape index (κ1) is 12.8. The van der Waals surface area contributed by atoms with Gasteiger partial charge in [0.15, 0.2) is 5.54 Å². The van der Waals surface area contributed by atoms with Crippen molar-refractivity contribution < 1.29 is 14.7 Å². The smallest absolute Gasteiger partial charge is 0.333 e. The third kappa shape index (κ3) is 2.47. The van der Waals surface area contributed by atoms with Gasteiger partial charge < -0.3 is 10.4 Å². The van der Waals surface area contributed by atoms with E-state index in [2.05, 4.69) is 15.5 Å². The molecule has 2 aromatic rings. The average Bonchev–Trinajstić information content (AvgIpc) is 2.93. The highest BCUT2D eigenvalue weighted by Gasteiger charge is 2.37. The molecule has 6 nitrogen and oxygen atoms in total. The summed E-state index contributed by atoms with van der Waals surface area (Å²) in [4.78, 5) is 23.4. The Labute approximate surface area is 109 Å². The monoisotopic (exact) mass is 259 g/mol. The van der Waals surface area contributed by atoms with Gasteiger partial charge in [-0.3, -0.25) is 9.89 Å². The van der Waals surface area contributed by atoms with Gasteiger partial charge in [0.2, 0.25) is 0 Å². The van der Waals surface area contributed by atoms with Gasteiger partial charge in [-0.05, 0) is 18.6 Å². The summed E-state index contributed by atoms with van der Waals surface area (Å²) in [5, 5.41) is 18.0. The second-order valence-corrected chi connectivity index (χ2v) is 4.22. The Hall–Kier alpha value is -2.63. The van der Waals surface area contributed by atoms with E-state index in [1.807, 2.05) is 0 Å². The third-order valence-electron chi connectivity index (χ3n) is 2.89. The number of hydrogen-bond donors (Lipinski definition) is 3. The van der Waals surface area contributed by atoms with E-state index in [0.717, 1.165) is 0 Å². The number of carboxylic acid groups (broad SMARTS) is 1. The summed E-state index contributed by atoms with van der Waals surface area (Å²) in [7, 11) is 0. The molecule has 6 heteroatoms. The summed E-state index contributed by atoms with van der Waals surface area (Å²) in [5.74, 6) is -1.65. The fourth-order valence-electron chi connectivity index (χ4n) is 1.70. The van der Waals surface area contributed by atoms with Crippen LogP contribution in [0.1, 0.15) is 23.0 Å². The highest BCUT2D eigenvalue weighted by Crippen LogP contribution is 2.21. The molecule has 98 valence electrons. The standard InChI is InChI=1S/C13H13N3O3/c1-13(12(18)19,9-5-3-2-4-6-9)15-11(17)10-7-8-14-16-10/h2-8H,1H3,(H,14,16)(H,15,17)(H,18,19). The molecule has 1 unspecified atom stereocenters. The van der Waals surface area contributed by atoms with Crippen LogP contribution in [0.15, 0.2) is 42.6 Å². The maximum atomic E-state index is 12.0. The lowest BCUT2D eigenvalue weighted by Gasteiger charge is -2.26. The molecule has 0 bridgehead atoms. The molecule has 1 amide bonds. The number of aromatic amines is 1. The number of carbonyl (C=O) groups excluding carboxylic acids is 1. The van der Waals surface area contributed by atoms with Gasteiger partial charge in [0.05, 0.1) is 0 Å². The van der Waals surface area contributed by atoms with Crippen LogP contribution in [-0.4, -0.2) is 27.2 Å². The van der Waals surface area contributed by atoms with Crippen molar-refractivity contribution in [1.82, 2.24) is 15.5 Å². The zero-order valence-corrected chi connectivity index (χ0v) is 10.3. The molecule has 0 aliphatic rings. The van der Waals surface area contributed by atoms with E-state index in [4.69, 9.17) is 0 Å². The summed E-state index contributed by atoms with van der Waals surface area (Å²) in [6.45, 7) is 1.44. The van der Waals surface area contributed by atoms with Crippen LogP contribution in [0, 0.1) is 0 Å². The molecule has 3 N–H and O–H groups in total. The SMILES string of the molecule is CC(NC(=O)c1ccn[nH]1)(C(=O)O)c1ccccc1. The van der Waals surface area contributed by atoms with Crippen LogP contribution >= 0.6 is 0 Å². The number of benzene rings is 1. The van der Waals surface area contributed by atoms with Gasteiger partial charge in [0.25, 0.3) is 5.91 Å². The van der Waals surface area contributed by atoms with Gasteiger partial charge >= 0.3 is 5.97 Å². The van der Waals surface area contributed by atoms with E-state index in [0.29, 0.717) is 5.56 Å². The minimum atomic E-state index is -1.50. The number of rotatable bonds is 4. The van der Waals surface area contributed by atoms with Crippen LogP contribution in [0.5, 0.6) is 0 Å². The maximum absolute atomic E-state index is 12.0. The van der Waals surface area contributed by atoms with Gasteiger partial charge in [0.1, 0.15) is 5.69 Å². The molecule has 0 aliphatic heterocycles. The second kappa shape index (κ2) is 4.93. The summed E-state index contributed by atoms with van der Waals surface area (Å²) >= 11 is 0. The molecule has 1 aromatic carbocycles. The normalized spacial score (nSPS) is 13.5. The highest BCUT2D eigenvalue weighted by molar-refractivity contribution is 5.96. The Balaban J connectivity index is 2.31. The summed E-state index contributed by atoms with van der Waals surface area (Å²) in [6.07, 6.45) is 1.43. The quantitative estimate of drug-likeness (QED) is 0.767. The van der Waals surface area contributed by atoms with Crippen LogP contribution in [0.25, 0.3) is 0 Å². The van der Waals surface area contributed by atoms with Gasteiger partial charge in [-0.2, -0.15) is 5.10 Å². The third-order valence-corrected chi connectivity index (χ3v) is 2.89. The molecular formula is C13H13N3O3. The Morgan fingerprint density at radius 1 is 1.26 bits per heavy atom. The fraction of sp³-hybridized carbons (Fsp3) is 0.154. The van der Waals surface area contributed by atoms with Crippen molar-refractivity contribution in [3.8, 4) is 0 Å². The minimum absolute atomic E-state index is 0.211. The average molecular weight is 259 g/mol. The number of aromatic nitrogens is 2. The van der Waals surface area contributed by atoms with Gasteiger partial charge in [-0.15, -0.1) is 0 Å². The highest BCUT2D eigenvalue weighted by atomic mass is 16.4. The minimum Gasteiger partial charge on any atom is -0.479 e. The molecule has 1 atom stereocenters. The molecule has 0 saturated carbocycles. The van der Waals surface area contributed by atoms with E-state index in [-0.39, 0.29) is 5.69 Å². The summed E-state index contributed by atoms with van der Waals surface area (Å²) < 4.78 is 0. The topological polar surface area (TPSA) is 95.1 Å². The lowest BCUT2D eigenvalue weighted by atomic mass is 9.92. The number of amides is 1. The number of nitrogens with zero attached hydrogens (tertiary/aromatic N) is 1. The van der Waals surface area contributed by atoms with Crippen LogP contribution in [-0.2, 0) is 10.3 Å². The van der Waals surface area contributed by atoms with E-state index in [1.54, 1.807) is 30.3 Å². The molecule has 0 aliphatic carbocycles. The van der Waals surface area contributed by atoms with Crippen LogP contribution in [0.3, 0.4) is 0 Å². The molecule has 1 heterocycles. The first-order chi connectivity index (χ1) is 9.04. The van der Waals surface area contributed by atoms with Crippen molar-refractivity contribution in [2.75, 3.05) is 0 Å². The van der Waals surface area contributed by atoms with Gasteiger partial charge in [-0.25, -0.2) is 4.79 Å². The Bertz CT molecular complexity index is 580. The lowest BCUT2D eigenvalue weighted by molar-refractivity contribution is -0.144. The molecule has 0 saturated heterocycles. The van der Waals surface area contributed by atoms with E-state index in [1.165, 1.54) is 19.2 Å². The molecular weight excluding hydrogens is 246 g/mol.